The number of piperidine rings is 1. The van der Waals surface area contributed by atoms with Gasteiger partial charge in [-0.15, -0.1) is 0 Å². The van der Waals surface area contributed by atoms with Gasteiger partial charge in [0.05, 0.1) is 11.7 Å². The predicted octanol–water partition coefficient (Wildman–Crippen LogP) is 4.15. The minimum atomic E-state index is -0.510. The van der Waals surface area contributed by atoms with E-state index in [0.29, 0.717) is 17.3 Å². The number of ether oxygens (including phenoxy) is 1. The Bertz CT molecular complexity index is 727. The highest BCUT2D eigenvalue weighted by molar-refractivity contribution is 6.30. The highest BCUT2D eigenvalue weighted by atomic mass is 35.5. The van der Waals surface area contributed by atoms with Crippen LogP contribution in [0.1, 0.15) is 57.3 Å². The molecule has 1 amide bonds. The first-order valence-corrected chi connectivity index (χ1v) is 8.64. The molecule has 6 nitrogen and oxygen atoms in total. The number of hydrogen-bond acceptors (Lipinski definition) is 4. The molecule has 0 bridgehead atoms. The number of carbonyl (C=O) groups is 1. The van der Waals surface area contributed by atoms with Crippen LogP contribution >= 0.6 is 11.6 Å². The molecule has 0 aliphatic carbocycles. The van der Waals surface area contributed by atoms with Crippen LogP contribution in [0.5, 0.6) is 0 Å². The Morgan fingerprint density at radius 3 is 2.83 bits per heavy atom. The van der Waals surface area contributed by atoms with Crippen molar-refractivity contribution < 1.29 is 9.53 Å². The van der Waals surface area contributed by atoms with E-state index in [-0.39, 0.29) is 12.1 Å². The molecular weight excluding hydrogens is 328 g/mol. The smallest absolute Gasteiger partial charge is 0.410 e. The van der Waals surface area contributed by atoms with Crippen molar-refractivity contribution in [2.24, 2.45) is 0 Å². The van der Waals surface area contributed by atoms with Crippen molar-refractivity contribution in [2.45, 2.75) is 58.6 Å². The summed E-state index contributed by atoms with van der Waals surface area (Å²) < 4.78 is 7.28. The molecule has 1 saturated heterocycles. The molecule has 0 N–H and O–H groups in total. The number of rotatable bonds is 1. The molecule has 2 aromatic heterocycles. The highest BCUT2D eigenvalue weighted by Gasteiger charge is 2.33. The maximum Gasteiger partial charge on any atom is 0.410 e. The first-order valence-electron chi connectivity index (χ1n) is 8.26. The molecule has 3 heterocycles. The van der Waals surface area contributed by atoms with E-state index in [0.717, 1.165) is 30.5 Å². The van der Waals surface area contributed by atoms with Crippen LogP contribution in [0.25, 0.3) is 5.65 Å². The van der Waals surface area contributed by atoms with E-state index >= 15 is 0 Å². The Morgan fingerprint density at radius 2 is 2.12 bits per heavy atom. The molecule has 1 fully saturated rings. The van der Waals surface area contributed by atoms with Crippen molar-refractivity contribution in [1.82, 2.24) is 19.5 Å². The topological polar surface area (TPSA) is 59.7 Å². The van der Waals surface area contributed by atoms with Gasteiger partial charge < -0.3 is 4.74 Å². The molecule has 0 unspecified atom stereocenters. The van der Waals surface area contributed by atoms with Crippen molar-refractivity contribution in [3.05, 3.63) is 28.7 Å². The Kier molecular flexibility index (Phi) is 4.42. The molecule has 130 valence electrons. The first kappa shape index (κ1) is 17.0. The molecule has 1 aliphatic rings. The van der Waals surface area contributed by atoms with Crippen LogP contribution < -0.4 is 0 Å². The summed E-state index contributed by atoms with van der Waals surface area (Å²) in [4.78, 5) is 18.7. The SMILES string of the molecule is Cc1cn2nc([C@@H]3CCCCN3C(=O)OC(C)(C)C)cc2nc1Cl. The zero-order chi connectivity index (χ0) is 17.5. The van der Waals surface area contributed by atoms with Gasteiger partial charge in [0.2, 0.25) is 0 Å². The predicted molar refractivity (Wildman–Crippen MR) is 92.3 cm³/mol. The summed E-state index contributed by atoms with van der Waals surface area (Å²) in [5.74, 6) is 0. The van der Waals surface area contributed by atoms with Crippen LogP contribution in [-0.2, 0) is 4.74 Å². The molecule has 0 aromatic carbocycles. The second-order valence-corrected chi connectivity index (χ2v) is 7.63. The Hall–Kier alpha value is -1.82. The minimum absolute atomic E-state index is 0.0885. The standard InChI is InChI=1S/C17H23ClN4O2/c1-11-10-22-14(19-15(11)18)9-12(20-22)13-7-5-6-8-21(13)16(23)24-17(2,3)4/h9-10,13H,5-8H2,1-4H3/t13-/m0/s1. The van der Waals surface area contributed by atoms with Gasteiger partial charge in [-0.2, -0.15) is 5.10 Å². The molecule has 0 saturated carbocycles. The van der Waals surface area contributed by atoms with Crippen molar-refractivity contribution >= 4 is 23.3 Å². The number of amides is 1. The van der Waals surface area contributed by atoms with Crippen LogP contribution in [0.2, 0.25) is 5.15 Å². The maximum absolute atomic E-state index is 12.6. The van der Waals surface area contributed by atoms with Crippen LogP contribution in [-0.4, -0.2) is 37.7 Å². The quantitative estimate of drug-likeness (QED) is 0.725. The zero-order valence-corrected chi connectivity index (χ0v) is 15.3. The van der Waals surface area contributed by atoms with Gasteiger partial charge in [0.25, 0.3) is 0 Å². The number of hydrogen-bond donors (Lipinski definition) is 0. The van der Waals surface area contributed by atoms with Crippen LogP contribution in [0.15, 0.2) is 12.3 Å². The average molecular weight is 351 g/mol. The lowest BCUT2D eigenvalue weighted by atomic mass is 10.00. The van der Waals surface area contributed by atoms with E-state index in [9.17, 15) is 4.79 Å². The molecule has 0 spiro atoms. The van der Waals surface area contributed by atoms with Gasteiger partial charge in [-0.3, -0.25) is 4.90 Å². The minimum Gasteiger partial charge on any atom is -0.444 e. The summed E-state index contributed by atoms with van der Waals surface area (Å²) in [6, 6.07) is 1.81. The van der Waals surface area contributed by atoms with Gasteiger partial charge in [-0.05, 0) is 47.0 Å². The molecule has 1 atom stereocenters. The van der Waals surface area contributed by atoms with Gasteiger partial charge in [-0.1, -0.05) is 11.6 Å². The van der Waals surface area contributed by atoms with Crippen molar-refractivity contribution in [2.75, 3.05) is 6.54 Å². The second-order valence-electron chi connectivity index (χ2n) is 7.27. The highest BCUT2D eigenvalue weighted by Crippen LogP contribution is 2.32. The van der Waals surface area contributed by atoms with Gasteiger partial charge in [0.15, 0.2) is 5.65 Å². The van der Waals surface area contributed by atoms with E-state index < -0.39 is 5.60 Å². The zero-order valence-electron chi connectivity index (χ0n) is 14.5. The lowest BCUT2D eigenvalue weighted by Gasteiger charge is -2.35. The molecule has 2 aromatic rings. The van der Waals surface area contributed by atoms with Gasteiger partial charge >= 0.3 is 6.09 Å². The lowest BCUT2D eigenvalue weighted by molar-refractivity contribution is 0.00898. The third-order valence-electron chi connectivity index (χ3n) is 4.06. The summed E-state index contributed by atoms with van der Waals surface area (Å²) in [6.07, 6.45) is 4.48. The van der Waals surface area contributed by atoms with Crippen LogP contribution in [0, 0.1) is 6.92 Å². The van der Waals surface area contributed by atoms with E-state index in [2.05, 4.69) is 10.1 Å². The average Bonchev–Trinajstić information content (AvgIpc) is 2.88. The number of likely N-dealkylation sites (tertiary alicyclic amines) is 1. The fourth-order valence-corrected chi connectivity index (χ4v) is 3.08. The number of fused-ring (bicyclic) bond motifs is 1. The largest absolute Gasteiger partial charge is 0.444 e. The van der Waals surface area contributed by atoms with E-state index in [4.69, 9.17) is 16.3 Å². The Morgan fingerprint density at radius 1 is 1.38 bits per heavy atom. The van der Waals surface area contributed by atoms with Crippen molar-refractivity contribution in [3.63, 3.8) is 0 Å². The second kappa shape index (κ2) is 6.24. The summed E-state index contributed by atoms with van der Waals surface area (Å²) in [5.41, 5.74) is 1.88. The van der Waals surface area contributed by atoms with E-state index in [1.54, 1.807) is 9.42 Å². The number of aromatic nitrogens is 3. The van der Waals surface area contributed by atoms with E-state index in [1.165, 1.54) is 0 Å². The molecule has 24 heavy (non-hydrogen) atoms. The normalized spacial score (nSPS) is 18.9. The summed E-state index contributed by atoms with van der Waals surface area (Å²) >= 11 is 6.10. The molecule has 0 radical (unpaired) electrons. The fourth-order valence-electron chi connectivity index (χ4n) is 2.95. The first-order chi connectivity index (χ1) is 11.2. The van der Waals surface area contributed by atoms with Gasteiger partial charge in [0, 0.05) is 24.4 Å². The Balaban J connectivity index is 1.91. The summed E-state index contributed by atoms with van der Waals surface area (Å²) in [6.45, 7) is 8.21. The molecule has 1 aliphatic heterocycles. The van der Waals surface area contributed by atoms with Gasteiger partial charge in [0.1, 0.15) is 10.8 Å². The number of nitrogens with zero attached hydrogens (tertiary/aromatic N) is 4. The number of carbonyl (C=O) groups excluding carboxylic acids is 1. The van der Waals surface area contributed by atoms with Crippen molar-refractivity contribution in [3.8, 4) is 0 Å². The monoisotopic (exact) mass is 350 g/mol. The van der Waals surface area contributed by atoms with Crippen LogP contribution in [0.3, 0.4) is 0 Å². The maximum atomic E-state index is 12.6. The number of halogens is 1. The van der Waals surface area contributed by atoms with Crippen LogP contribution in [0.4, 0.5) is 4.79 Å². The lowest BCUT2D eigenvalue weighted by Crippen LogP contribution is -2.42. The molecule has 7 heteroatoms. The Labute approximate surface area is 146 Å². The fraction of sp³-hybridized carbons (Fsp3) is 0.588. The van der Waals surface area contributed by atoms with Crippen molar-refractivity contribution in [1.29, 1.82) is 0 Å². The van der Waals surface area contributed by atoms with Gasteiger partial charge in [-0.25, -0.2) is 14.3 Å². The summed E-state index contributed by atoms with van der Waals surface area (Å²) in [7, 11) is 0. The number of aryl methyl sites for hydroxylation is 1. The third kappa shape index (κ3) is 3.48. The third-order valence-corrected chi connectivity index (χ3v) is 4.44. The van der Waals surface area contributed by atoms with E-state index in [1.807, 2.05) is 40.0 Å². The molecular formula is C17H23ClN4O2. The summed E-state index contributed by atoms with van der Waals surface area (Å²) in [5, 5.41) is 5.09. The molecule has 3 rings (SSSR count).